The average Bonchev–Trinajstić information content (AvgIpc) is 2.86. The first-order chi connectivity index (χ1) is 17.9. The summed E-state index contributed by atoms with van der Waals surface area (Å²) >= 11 is 0. The van der Waals surface area contributed by atoms with E-state index in [0.29, 0.717) is 22.3 Å². The molecular formula is C27H27N3O8. The van der Waals surface area contributed by atoms with E-state index in [2.05, 4.69) is 4.98 Å². The van der Waals surface area contributed by atoms with Gasteiger partial charge in [0, 0.05) is 23.9 Å². The van der Waals surface area contributed by atoms with Gasteiger partial charge in [0.1, 0.15) is 5.75 Å². The molecule has 5 N–H and O–H groups in total. The first-order valence-electron chi connectivity index (χ1n) is 12.2. The van der Waals surface area contributed by atoms with E-state index >= 15 is 0 Å². The molecule has 38 heavy (non-hydrogen) atoms. The number of pyridine rings is 1. The Kier molecular flexibility index (Phi) is 6.05. The summed E-state index contributed by atoms with van der Waals surface area (Å²) in [6.07, 6.45) is 3.15. The Labute approximate surface area is 217 Å². The Bertz CT molecular complexity index is 1420. The Morgan fingerprint density at radius 1 is 1.16 bits per heavy atom. The number of benzene rings is 1. The van der Waals surface area contributed by atoms with E-state index in [1.807, 2.05) is 0 Å². The van der Waals surface area contributed by atoms with E-state index in [4.69, 9.17) is 5.73 Å². The summed E-state index contributed by atoms with van der Waals surface area (Å²) in [5.74, 6) is -10.9. The molecule has 0 spiro atoms. The topological polar surface area (TPSA) is 188 Å². The van der Waals surface area contributed by atoms with Gasteiger partial charge in [-0.1, -0.05) is 6.07 Å². The summed E-state index contributed by atoms with van der Waals surface area (Å²) in [5, 5.41) is 31.8. The van der Waals surface area contributed by atoms with Crippen LogP contribution in [0.3, 0.4) is 0 Å². The molecule has 0 bridgehead atoms. The Morgan fingerprint density at radius 2 is 1.87 bits per heavy atom. The van der Waals surface area contributed by atoms with Gasteiger partial charge in [0.05, 0.1) is 24.1 Å². The van der Waals surface area contributed by atoms with Gasteiger partial charge in [-0.15, -0.1) is 0 Å². The zero-order valence-electron chi connectivity index (χ0n) is 20.7. The second-order valence-electron chi connectivity index (χ2n) is 10.5. The number of aromatic hydroxyl groups is 1. The van der Waals surface area contributed by atoms with Crippen LogP contribution in [0.2, 0.25) is 0 Å². The van der Waals surface area contributed by atoms with Gasteiger partial charge in [-0.2, -0.15) is 0 Å². The maximum atomic E-state index is 13.8. The van der Waals surface area contributed by atoms with Crippen molar-refractivity contribution in [3.8, 4) is 16.9 Å². The minimum absolute atomic E-state index is 0.0338. The van der Waals surface area contributed by atoms with Crippen molar-refractivity contribution in [3.05, 3.63) is 47.3 Å². The van der Waals surface area contributed by atoms with Gasteiger partial charge in [0.15, 0.2) is 34.7 Å². The summed E-state index contributed by atoms with van der Waals surface area (Å²) in [5.41, 5.74) is 4.66. The number of ketones is 4. The van der Waals surface area contributed by atoms with Crippen LogP contribution in [0.4, 0.5) is 0 Å². The van der Waals surface area contributed by atoms with E-state index in [1.165, 1.54) is 31.3 Å². The van der Waals surface area contributed by atoms with Gasteiger partial charge >= 0.3 is 0 Å². The minimum atomic E-state index is -2.76. The number of rotatable bonds is 4. The Hall–Kier alpha value is -3.80. The lowest BCUT2D eigenvalue weighted by molar-refractivity contribution is -0.181. The van der Waals surface area contributed by atoms with Crippen molar-refractivity contribution in [2.75, 3.05) is 14.1 Å². The first kappa shape index (κ1) is 25.8. The molecule has 11 nitrogen and oxygen atoms in total. The molecule has 2 unspecified atom stereocenters. The van der Waals surface area contributed by atoms with Crippen molar-refractivity contribution < 1.29 is 39.3 Å². The molecule has 0 radical (unpaired) electrons. The number of nitrogens with two attached hydrogens (primary N) is 1. The molecule has 1 heterocycles. The third-order valence-corrected chi connectivity index (χ3v) is 8.23. The second kappa shape index (κ2) is 8.90. The largest absolute Gasteiger partial charge is 0.507 e. The number of amides is 1. The van der Waals surface area contributed by atoms with E-state index in [-0.39, 0.29) is 30.8 Å². The van der Waals surface area contributed by atoms with Crippen LogP contribution in [0.5, 0.6) is 5.75 Å². The Morgan fingerprint density at radius 3 is 2.50 bits per heavy atom. The van der Waals surface area contributed by atoms with Crippen molar-refractivity contribution in [1.82, 2.24) is 9.88 Å². The molecule has 11 heteroatoms. The number of likely N-dealkylation sites (N-methyl/N-ethyl adjacent to an activating group) is 1. The third kappa shape index (κ3) is 3.46. The fourth-order valence-corrected chi connectivity index (χ4v) is 6.60. The fourth-order valence-electron chi connectivity index (χ4n) is 6.60. The highest BCUT2D eigenvalue weighted by atomic mass is 16.3. The summed E-state index contributed by atoms with van der Waals surface area (Å²) in [7, 11) is 3.07. The molecule has 2 fully saturated rings. The third-order valence-electron chi connectivity index (χ3n) is 8.23. The number of aromatic nitrogens is 1. The maximum absolute atomic E-state index is 13.8. The van der Waals surface area contributed by atoms with E-state index in [0.717, 1.165) is 0 Å². The first-order valence-corrected chi connectivity index (χ1v) is 12.2. The highest BCUT2D eigenvalue weighted by Crippen LogP contribution is 2.51. The summed E-state index contributed by atoms with van der Waals surface area (Å²) in [4.78, 5) is 71.7. The molecule has 0 saturated heterocycles. The van der Waals surface area contributed by atoms with Crippen molar-refractivity contribution in [2.45, 2.75) is 31.1 Å². The number of fused-ring (bicyclic) bond motifs is 3. The Balaban J connectivity index is 1.66. The predicted molar refractivity (Wildman–Crippen MR) is 131 cm³/mol. The summed E-state index contributed by atoms with van der Waals surface area (Å²) in [6, 6.07) is 3.48. The highest BCUT2D eigenvalue weighted by Gasteiger charge is 2.69. The van der Waals surface area contributed by atoms with Gasteiger partial charge in [-0.05, 0) is 61.7 Å². The number of phenols is 1. The number of hydrogen-bond acceptors (Lipinski definition) is 10. The van der Waals surface area contributed by atoms with Gasteiger partial charge in [-0.3, -0.25) is 33.9 Å². The number of hydrogen-bond donors (Lipinski definition) is 4. The van der Waals surface area contributed by atoms with Gasteiger partial charge in [0.2, 0.25) is 5.91 Å². The minimum Gasteiger partial charge on any atom is -0.507 e. The number of carbonyl (C=O) groups is 5. The number of primary amides is 1. The van der Waals surface area contributed by atoms with Crippen LogP contribution in [0.25, 0.3) is 11.1 Å². The quantitative estimate of drug-likeness (QED) is 0.379. The smallest absolute Gasteiger partial charge is 0.235 e. The molecule has 2 aromatic rings. The molecule has 198 valence electrons. The molecule has 3 aliphatic rings. The van der Waals surface area contributed by atoms with Crippen LogP contribution < -0.4 is 5.73 Å². The van der Waals surface area contributed by atoms with Gasteiger partial charge in [0.25, 0.3) is 0 Å². The van der Waals surface area contributed by atoms with Crippen LogP contribution >= 0.6 is 0 Å². The zero-order valence-corrected chi connectivity index (χ0v) is 20.7. The van der Waals surface area contributed by atoms with Crippen LogP contribution in [0.15, 0.2) is 30.6 Å². The van der Waals surface area contributed by atoms with Crippen molar-refractivity contribution in [2.24, 2.45) is 29.4 Å². The maximum Gasteiger partial charge on any atom is 0.235 e. The highest BCUT2D eigenvalue weighted by molar-refractivity contribution is 6.32. The van der Waals surface area contributed by atoms with Crippen LogP contribution in [0, 0.1) is 23.7 Å². The average molecular weight is 522 g/mol. The molecular weight excluding hydrogens is 494 g/mol. The van der Waals surface area contributed by atoms with Gasteiger partial charge < -0.3 is 21.1 Å². The monoisotopic (exact) mass is 521 g/mol. The number of aliphatic hydroxyl groups is 2. The number of aliphatic hydroxyl groups excluding tert-OH is 1. The molecule has 0 aliphatic heterocycles. The lowest BCUT2D eigenvalue weighted by Crippen LogP contribution is -2.74. The zero-order chi connectivity index (χ0) is 27.7. The molecule has 6 atom stereocenters. The second-order valence-corrected chi connectivity index (χ2v) is 10.5. The number of phenolic OH excluding ortho intramolecular Hbond substituents is 1. The van der Waals surface area contributed by atoms with Gasteiger partial charge in [-0.25, -0.2) is 0 Å². The summed E-state index contributed by atoms with van der Waals surface area (Å²) < 4.78 is 0. The lowest BCUT2D eigenvalue weighted by Gasteiger charge is -2.52. The standard InChI is InChI=1S/C27H27N3O8/c1-30(2)21-16-7-12-6-15-14(13-5-11(10-31)8-29-9-13)3-4-17(32)19(15)22(33)18(12)24(35)27(16,38)25(36)20(23(21)34)26(28)37/h3-5,8-9,12,16,18,20-21,31-32,38H,6-7,10H2,1-2H3,(H2,28,37)/t12-,16-,18?,20?,21-,27-/m0/s1. The predicted octanol–water partition coefficient (Wildman–Crippen LogP) is -0.579. The fraction of sp³-hybridized carbons (Fsp3) is 0.407. The molecule has 3 aliphatic carbocycles. The molecule has 1 aromatic carbocycles. The van der Waals surface area contributed by atoms with E-state index in [9.17, 15) is 39.3 Å². The SMILES string of the molecule is CN(C)[C@@H]1C(=O)C(C(N)=O)C(=O)[C@@]2(O)C(=O)C3C(=O)c4c(O)ccc(-c5cncc(CO)c5)c4C[C@H]3C[C@@H]12. The van der Waals surface area contributed by atoms with Crippen molar-refractivity contribution in [3.63, 3.8) is 0 Å². The van der Waals surface area contributed by atoms with Crippen LogP contribution in [0.1, 0.15) is 27.9 Å². The molecule has 1 amide bonds. The van der Waals surface area contributed by atoms with Crippen molar-refractivity contribution in [1.29, 1.82) is 0 Å². The molecule has 1 aromatic heterocycles. The number of carbonyl (C=O) groups excluding carboxylic acids is 5. The molecule has 2 saturated carbocycles. The van der Waals surface area contributed by atoms with Crippen molar-refractivity contribution >= 4 is 29.0 Å². The number of nitrogens with zero attached hydrogens (tertiary/aromatic N) is 2. The summed E-state index contributed by atoms with van der Waals surface area (Å²) in [6.45, 7) is -0.250. The van der Waals surface area contributed by atoms with Crippen LogP contribution in [-0.4, -0.2) is 80.0 Å². The van der Waals surface area contributed by atoms with E-state index < -0.39 is 64.4 Å². The normalized spacial score (nSPS) is 30.6. The molecule has 5 rings (SSSR count). The van der Waals surface area contributed by atoms with E-state index in [1.54, 1.807) is 18.3 Å². The lowest BCUT2D eigenvalue weighted by atomic mass is 9.52. The van der Waals surface area contributed by atoms with Crippen LogP contribution in [-0.2, 0) is 32.2 Å². The number of Topliss-reactive ketones (excluding diaryl/α,β-unsaturated/α-hetero) is 4.